The Labute approximate surface area is 69.7 Å². The molecule has 0 heterocycles. The van der Waals surface area contributed by atoms with Gasteiger partial charge in [0.2, 0.25) is 0 Å². The molecule has 0 aromatic carbocycles. The Kier molecular flexibility index (Phi) is 3.79. The first kappa shape index (κ1) is 8.93. The Morgan fingerprint density at radius 1 is 1.64 bits per heavy atom. The van der Waals surface area contributed by atoms with Crippen LogP contribution in [0.2, 0.25) is 0 Å². The van der Waals surface area contributed by atoms with Gasteiger partial charge in [-0.15, -0.1) is 0 Å². The summed E-state index contributed by atoms with van der Waals surface area (Å²) in [5.74, 6) is 0. The predicted molar refractivity (Wildman–Crippen MR) is 49.5 cm³/mol. The largest absolute Gasteiger partial charge is 0.345 e. The normalized spacial score (nSPS) is 25.2. The Bertz CT molecular complexity index is 163. The molecule has 0 amide bonds. The van der Waals surface area contributed by atoms with Crippen LogP contribution >= 0.6 is 7.80 Å². The monoisotopic (exact) mass is 171 g/mol. The Morgan fingerprint density at radius 2 is 2.45 bits per heavy atom. The highest BCUT2D eigenvalue weighted by molar-refractivity contribution is 7.45. The fraction of sp³-hybridized carbons (Fsp3) is 0.778. The molecule has 1 rings (SSSR count). The zero-order valence-corrected chi connectivity index (χ0v) is 8.02. The van der Waals surface area contributed by atoms with Crippen LogP contribution in [0.5, 0.6) is 0 Å². The lowest BCUT2D eigenvalue weighted by molar-refractivity contribution is 0.575. The average molecular weight is 171 g/mol. The highest BCUT2D eigenvalue weighted by atomic mass is 31.1. The van der Waals surface area contributed by atoms with Crippen LogP contribution in [0.15, 0.2) is 12.2 Å². The van der Waals surface area contributed by atoms with Gasteiger partial charge in [0.1, 0.15) is 6.16 Å². The van der Waals surface area contributed by atoms with Gasteiger partial charge in [-0.1, -0.05) is 17.6 Å². The fourth-order valence-corrected chi connectivity index (χ4v) is 2.98. The number of hydrogen-bond acceptors (Lipinski definition) is 1. The van der Waals surface area contributed by atoms with Gasteiger partial charge in [0, 0.05) is 0 Å². The SMILES string of the molecule is CCC[P+](=O)C1C=CCCC1. The maximum absolute atomic E-state index is 11.5. The minimum atomic E-state index is -0.936. The molecule has 1 aliphatic carbocycles. The molecule has 0 aliphatic heterocycles. The second-order valence-corrected chi connectivity index (χ2v) is 5.01. The summed E-state index contributed by atoms with van der Waals surface area (Å²) in [6.07, 6.45) is 9.85. The van der Waals surface area contributed by atoms with E-state index in [1.807, 2.05) is 0 Å². The molecular weight excluding hydrogens is 155 g/mol. The van der Waals surface area contributed by atoms with Gasteiger partial charge in [0.05, 0.1) is 0 Å². The highest BCUT2D eigenvalue weighted by Gasteiger charge is 2.26. The van der Waals surface area contributed by atoms with Crippen molar-refractivity contribution < 1.29 is 4.57 Å². The van der Waals surface area contributed by atoms with Crippen LogP contribution in [0, 0.1) is 0 Å². The smallest absolute Gasteiger partial charge is 0.0841 e. The van der Waals surface area contributed by atoms with Crippen LogP contribution in [0.4, 0.5) is 0 Å². The lowest BCUT2D eigenvalue weighted by Crippen LogP contribution is -2.03. The van der Waals surface area contributed by atoms with Crippen LogP contribution in [0.1, 0.15) is 32.6 Å². The molecule has 0 radical (unpaired) electrons. The third-order valence-corrected chi connectivity index (χ3v) is 4.10. The summed E-state index contributed by atoms with van der Waals surface area (Å²) in [5, 5.41) is 0. The summed E-state index contributed by atoms with van der Waals surface area (Å²) in [7, 11) is -0.936. The first-order chi connectivity index (χ1) is 5.34. The van der Waals surface area contributed by atoms with Crippen LogP contribution in [0.3, 0.4) is 0 Å². The lowest BCUT2D eigenvalue weighted by Gasteiger charge is -2.05. The minimum Gasteiger partial charge on any atom is -0.0841 e. The van der Waals surface area contributed by atoms with Gasteiger partial charge in [0.15, 0.2) is 5.66 Å². The summed E-state index contributed by atoms with van der Waals surface area (Å²) < 4.78 is 11.5. The van der Waals surface area contributed by atoms with E-state index in [2.05, 4.69) is 19.1 Å². The molecule has 0 fully saturated rings. The molecule has 11 heavy (non-hydrogen) atoms. The standard InChI is InChI=1S/C9H16OP/c1-2-8-11(10)9-6-4-3-5-7-9/h4,6,9H,2-3,5,7-8H2,1H3/q+1. The molecule has 1 aliphatic rings. The first-order valence-electron chi connectivity index (χ1n) is 4.45. The maximum atomic E-state index is 11.5. The summed E-state index contributed by atoms with van der Waals surface area (Å²) >= 11 is 0. The van der Waals surface area contributed by atoms with Crippen molar-refractivity contribution in [1.82, 2.24) is 0 Å². The summed E-state index contributed by atoms with van der Waals surface area (Å²) in [5.41, 5.74) is 0.402. The number of allylic oxidation sites excluding steroid dienone is 2. The maximum Gasteiger partial charge on any atom is 0.345 e. The molecule has 0 saturated heterocycles. The first-order valence-corrected chi connectivity index (χ1v) is 5.96. The van der Waals surface area contributed by atoms with Crippen molar-refractivity contribution >= 4 is 7.80 Å². The van der Waals surface area contributed by atoms with Crippen molar-refractivity contribution in [2.45, 2.75) is 38.3 Å². The number of hydrogen-bond donors (Lipinski definition) is 0. The van der Waals surface area contributed by atoms with Gasteiger partial charge in [-0.05, 0) is 31.8 Å². The van der Waals surface area contributed by atoms with Crippen molar-refractivity contribution in [3.05, 3.63) is 12.2 Å². The molecule has 1 nitrogen and oxygen atoms in total. The molecule has 2 unspecified atom stereocenters. The van der Waals surface area contributed by atoms with Gasteiger partial charge >= 0.3 is 7.80 Å². The van der Waals surface area contributed by atoms with E-state index in [0.717, 1.165) is 19.0 Å². The van der Waals surface area contributed by atoms with Crippen molar-refractivity contribution in [1.29, 1.82) is 0 Å². The topological polar surface area (TPSA) is 17.1 Å². The Balaban J connectivity index is 2.39. The van der Waals surface area contributed by atoms with E-state index in [4.69, 9.17) is 0 Å². The van der Waals surface area contributed by atoms with E-state index >= 15 is 0 Å². The lowest BCUT2D eigenvalue weighted by atomic mass is 10.1. The Morgan fingerprint density at radius 3 is 3.00 bits per heavy atom. The highest BCUT2D eigenvalue weighted by Crippen LogP contribution is 2.35. The minimum absolute atomic E-state index is 0.402. The van der Waals surface area contributed by atoms with Gasteiger partial charge in [0.25, 0.3) is 0 Å². The summed E-state index contributed by atoms with van der Waals surface area (Å²) in [6, 6.07) is 0. The molecule has 0 saturated carbocycles. The third kappa shape index (κ3) is 2.75. The molecule has 0 aromatic rings. The summed E-state index contributed by atoms with van der Waals surface area (Å²) in [6.45, 7) is 2.10. The second kappa shape index (κ2) is 4.66. The molecule has 62 valence electrons. The van der Waals surface area contributed by atoms with E-state index in [-0.39, 0.29) is 0 Å². The fourth-order valence-electron chi connectivity index (χ4n) is 1.42. The molecule has 0 aromatic heterocycles. The van der Waals surface area contributed by atoms with Crippen molar-refractivity contribution in [2.24, 2.45) is 0 Å². The van der Waals surface area contributed by atoms with Gasteiger partial charge in [-0.3, -0.25) is 0 Å². The van der Waals surface area contributed by atoms with Crippen molar-refractivity contribution in [2.75, 3.05) is 6.16 Å². The predicted octanol–water partition coefficient (Wildman–Crippen LogP) is 3.33. The average Bonchev–Trinajstić information content (AvgIpc) is 2.07. The number of rotatable bonds is 3. The van der Waals surface area contributed by atoms with Crippen LogP contribution in [-0.4, -0.2) is 11.8 Å². The van der Waals surface area contributed by atoms with E-state index in [0.29, 0.717) is 5.66 Å². The van der Waals surface area contributed by atoms with E-state index in [1.54, 1.807) is 0 Å². The van der Waals surface area contributed by atoms with E-state index in [9.17, 15) is 4.57 Å². The van der Waals surface area contributed by atoms with Crippen LogP contribution in [0.25, 0.3) is 0 Å². The Hall–Kier alpha value is -0.160. The molecule has 0 bridgehead atoms. The molecule has 2 atom stereocenters. The van der Waals surface area contributed by atoms with Crippen molar-refractivity contribution in [3.63, 3.8) is 0 Å². The third-order valence-electron chi connectivity index (χ3n) is 2.04. The molecule has 0 N–H and O–H groups in total. The van der Waals surface area contributed by atoms with Gasteiger partial charge in [-0.25, -0.2) is 0 Å². The summed E-state index contributed by atoms with van der Waals surface area (Å²) in [4.78, 5) is 0. The van der Waals surface area contributed by atoms with E-state index < -0.39 is 7.80 Å². The van der Waals surface area contributed by atoms with Gasteiger partial charge < -0.3 is 0 Å². The second-order valence-electron chi connectivity index (χ2n) is 3.07. The van der Waals surface area contributed by atoms with Gasteiger partial charge in [-0.2, -0.15) is 0 Å². The zero-order chi connectivity index (χ0) is 8.10. The molecule has 2 heteroatoms. The molecule has 0 spiro atoms. The molecular formula is C9H16OP+. The quantitative estimate of drug-likeness (QED) is 0.470. The van der Waals surface area contributed by atoms with Crippen LogP contribution < -0.4 is 0 Å². The zero-order valence-electron chi connectivity index (χ0n) is 7.12. The van der Waals surface area contributed by atoms with Crippen LogP contribution in [-0.2, 0) is 4.57 Å². The van der Waals surface area contributed by atoms with E-state index in [1.165, 1.54) is 12.8 Å². The van der Waals surface area contributed by atoms with Crippen molar-refractivity contribution in [3.8, 4) is 0 Å².